The predicted molar refractivity (Wildman–Crippen MR) is 105 cm³/mol. The maximum Gasteiger partial charge on any atom is 0.325 e. The van der Waals surface area contributed by atoms with Crippen LogP contribution in [0.15, 0.2) is 54.6 Å². The molecule has 1 unspecified atom stereocenters. The number of aryl methyl sites for hydroxylation is 1. The number of rotatable bonds is 7. The fourth-order valence-corrected chi connectivity index (χ4v) is 3.12. The summed E-state index contributed by atoms with van der Waals surface area (Å²) in [6.07, 6.45) is 1.10. The van der Waals surface area contributed by atoms with Crippen LogP contribution in [-0.4, -0.2) is 41.9 Å². The van der Waals surface area contributed by atoms with Gasteiger partial charge in [0.1, 0.15) is 17.8 Å². The number of benzene rings is 2. The molecule has 0 aliphatic carbocycles. The van der Waals surface area contributed by atoms with E-state index in [1.54, 1.807) is 38.3 Å². The molecule has 3 rings (SSSR count). The summed E-state index contributed by atoms with van der Waals surface area (Å²) in [7, 11) is 1.56. The van der Waals surface area contributed by atoms with Gasteiger partial charge in [0.25, 0.3) is 5.91 Å². The minimum absolute atomic E-state index is 0.336. The number of anilines is 1. The van der Waals surface area contributed by atoms with Gasteiger partial charge in [0, 0.05) is 5.69 Å². The Bertz CT molecular complexity index is 867. The average Bonchev–Trinajstić information content (AvgIpc) is 2.91. The maximum absolute atomic E-state index is 12.8. The van der Waals surface area contributed by atoms with Crippen molar-refractivity contribution in [1.29, 1.82) is 0 Å². The second kappa shape index (κ2) is 8.12. The lowest BCUT2D eigenvalue weighted by molar-refractivity contribution is -0.133. The Labute approximate surface area is 163 Å². The van der Waals surface area contributed by atoms with E-state index in [1.807, 2.05) is 30.3 Å². The van der Waals surface area contributed by atoms with Crippen LogP contribution in [0.3, 0.4) is 0 Å². The van der Waals surface area contributed by atoms with Crippen LogP contribution < -0.4 is 15.4 Å². The molecule has 2 N–H and O–H groups in total. The number of amides is 4. The summed E-state index contributed by atoms with van der Waals surface area (Å²) in [4.78, 5) is 38.3. The van der Waals surface area contributed by atoms with Crippen molar-refractivity contribution in [3.05, 3.63) is 60.2 Å². The van der Waals surface area contributed by atoms with Crippen LogP contribution in [0, 0.1) is 0 Å². The van der Waals surface area contributed by atoms with E-state index in [-0.39, 0.29) is 6.54 Å². The quantitative estimate of drug-likeness (QED) is 0.722. The highest BCUT2D eigenvalue weighted by Gasteiger charge is 2.47. The molecule has 0 radical (unpaired) electrons. The van der Waals surface area contributed by atoms with Crippen LogP contribution in [-0.2, 0) is 16.0 Å². The summed E-state index contributed by atoms with van der Waals surface area (Å²) in [5.74, 6) is -0.166. The Hall–Kier alpha value is -3.35. The van der Waals surface area contributed by atoms with Crippen LogP contribution in [0.5, 0.6) is 5.75 Å². The van der Waals surface area contributed by atoms with Gasteiger partial charge in [-0.05, 0) is 49.6 Å². The van der Waals surface area contributed by atoms with Gasteiger partial charge in [-0.15, -0.1) is 0 Å². The van der Waals surface area contributed by atoms with Crippen molar-refractivity contribution >= 4 is 23.5 Å². The van der Waals surface area contributed by atoms with Gasteiger partial charge >= 0.3 is 6.03 Å². The van der Waals surface area contributed by atoms with Crippen LogP contribution in [0.4, 0.5) is 10.5 Å². The summed E-state index contributed by atoms with van der Waals surface area (Å²) < 4.78 is 5.07. The van der Waals surface area contributed by atoms with E-state index < -0.39 is 23.4 Å². The summed E-state index contributed by atoms with van der Waals surface area (Å²) in [5, 5.41) is 5.40. The molecule has 0 bridgehead atoms. The maximum atomic E-state index is 12.8. The molecule has 1 aliphatic rings. The number of hydrogen-bond donors (Lipinski definition) is 2. The Balaban J connectivity index is 1.59. The molecule has 7 nitrogen and oxygen atoms in total. The van der Waals surface area contributed by atoms with Gasteiger partial charge in [-0.1, -0.05) is 30.3 Å². The Morgan fingerprint density at radius 1 is 1.11 bits per heavy atom. The molecule has 2 aromatic carbocycles. The second-order valence-electron chi connectivity index (χ2n) is 6.92. The molecular weight excluding hydrogens is 358 g/mol. The Kier molecular flexibility index (Phi) is 5.63. The summed E-state index contributed by atoms with van der Waals surface area (Å²) in [6.45, 7) is 1.36. The third kappa shape index (κ3) is 4.31. The number of imide groups is 1. The van der Waals surface area contributed by atoms with Crippen molar-refractivity contribution in [3.63, 3.8) is 0 Å². The van der Waals surface area contributed by atoms with Crippen molar-refractivity contribution in [2.45, 2.75) is 25.3 Å². The summed E-state index contributed by atoms with van der Waals surface area (Å²) in [6, 6.07) is 16.0. The van der Waals surface area contributed by atoms with E-state index in [9.17, 15) is 14.4 Å². The van der Waals surface area contributed by atoms with Crippen LogP contribution in [0.25, 0.3) is 0 Å². The molecule has 28 heavy (non-hydrogen) atoms. The number of nitrogens with zero attached hydrogens (tertiary/aromatic N) is 1. The average molecular weight is 381 g/mol. The van der Waals surface area contributed by atoms with Crippen molar-refractivity contribution in [3.8, 4) is 5.75 Å². The Morgan fingerprint density at radius 3 is 2.43 bits per heavy atom. The molecule has 1 saturated heterocycles. The number of carbonyl (C=O) groups is 3. The molecule has 1 heterocycles. The minimum atomic E-state index is -1.02. The number of nitrogens with one attached hydrogen (secondary N) is 2. The van der Waals surface area contributed by atoms with Gasteiger partial charge < -0.3 is 15.4 Å². The monoisotopic (exact) mass is 381 g/mol. The molecule has 0 spiro atoms. The molecule has 1 fully saturated rings. The SMILES string of the molecule is COc1ccc(NC(=O)CN2C(=O)NC(C)(CCc3ccccc3)C2=O)cc1. The van der Waals surface area contributed by atoms with Gasteiger partial charge in [-0.25, -0.2) is 4.79 Å². The normalized spacial score (nSPS) is 18.7. The van der Waals surface area contributed by atoms with E-state index in [0.29, 0.717) is 24.3 Å². The van der Waals surface area contributed by atoms with Crippen LogP contribution in [0.2, 0.25) is 0 Å². The first-order chi connectivity index (χ1) is 13.4. The zero-order chi connectivity index (χ0) is 20.1. The zero-order valence-corrected chi connectivity index (χ0v) is 15.9. The minimum Gasteiger partial charge on any atom is -0.497 e. The van der Waals surface area contributed by atoms with Gasteiger partial charge in [-0.2, -0.15) is 0 Å². The number of methoxy groups -OCH3 is 1. The standard InChI is InChI=1S/C21H23N3O4/c1-21(13-12-15-6-4-3-5-7-15)19(26)24(20(27)23-21)14-18(25)22-16-8-10-17(28-2)11-9-16/h3-11H,12-14H2,1-2H3,(H,22,25)(H,23,27). The second-order valence-corrected chi connectivity index (χ2v) is 6.92. The van der Waals surface area contributed by atoms with Gasteiger partial charge in [-0.3, -0.25) is 14.5 Å². The van der Waals surface area contributed by atoms with E-state index in [1.165, 1.54) is 0 Å². The van der Waals surface area contributed by atoms with Crippen LogP contribution in [0.1, 0.15) is 18.9 Å². The van der Waals surface area contributed by atoms with Crippen molar-refractivity contribution in [2.75, 3.05) is 19.0 Å². The molecule has 1 aliphatic heterocycles. The van der Waals surface area contributed by atoms with E-state index >= 15 is 0 Å². The van der Waals surface area contributed by atoms with Gasteiger partial charge in [0.2, 0.25) is 5.91 Å². The fourth-order valence-electron chi connectivity index (χ4n) is 3.12. The van der Waals surface area contributed by atoms with Crippen LogP contribution >= 0.6 is 0 Å². The predicted octanol–water partition coefficient (Wildman–Crippen LogP) is 2.58. The van der Waals surface area contributed by atoms with Gasteiger partial charge in [0.05, 0.1) is 7.11 Å². The first kappa shape index (κ1) is 19.4. The highest BCUT2D eigenvalue weighted by molar-refractivity contribution is 6.09. The molecular formula is C21H23N3O4. The first-order valence-electron chi connectivity index (χ1n) is 9.03. The number of carbonyl (C=O) groups excluding carboxylic acids is 3. The molecule has 146 valence electrons. The Morgan fingerprint density at radius 2 is 1.79 bits per heavy atom. The smallest absolute Gasteiger partial charge is 0.325 e. The lowest BCUT2D eigenvalue weighted by Crippen LogP contribution is -2.45. The van der Waals surface area contributed by atoms with Crippen molar-refractivity contribution < 1.29 is 19.1 Å². The number of ether oxygens (including phenoxy) is 1. The largest absolute Gasteiger partial charge is 0.497 e. The molecule has 4 amide bonds. The van der Waals surface area contributed by atoms with E-state index in [0.717, 1.165) is 10.5 Å². The lowest BCUT2D eigenvalue weighted by atomic mass is 9.93. The summed E-state index contributed by atoms with van der Waals surface area (Å²) >= 11 is 0. The third-order valence-corrected chi connectivity index (χ3v) is 4.78. The van der Waals surface area contributed by atoms with E-state index in [2.05, 4.69) is 10.6 Å². The third-order valence-electron chi connectivity index (χ3n) is 4.78. The molecule has 1 atom stereocenters. The zero-order valence-electron chi connectivity index (χ0n) is 15.9. The molecule has 0 saturated carbocycles. The topological polar surface area (TPSA) is 87.7 Å². The van der Waals surface area contributed by atoms with Crippen molar-refractivity contribution in [2.24, 2.45) is 0 Å². The molecule has 0 aromatic heterocycles. The number of hydrogen-bond acceptors (Lipinski definition) is 4. The first-order valence-corrected chi connectivity index (χ1v) is 9.03. The highest BCUT2D eigenvalue weighted by atomic mass is 16.5. The fraction of sp³-hybridized carbons (Fsp3) is 0.286. The van der Waals surface area contributed by atoms with E-state index in [4.69, 9.17) is 4.74 Å². The number of urea groups is 1. The summed E-state index contributed by atoms with van der Waals surface area (Å²) in [5.41, 5.74) is 0.624. The van der Waals surface area contributed by atoms with Crippen molar-refractivity contribution in [1.82, 2.24) is 10.2 Å². The molecule has 2 aromatic rings. The van der Waals surface area contributed by atoms with Gasteiger partial charge in [0.15, 0.2) is 0 Å². The lowest BCUT2D eigenvalue weighted by Gasteiger charge is -2.21. The highest BCUT2D eigenvalue weighted by Crippen LogP contribution is 2.23. The molecule has 7 heteroatoms.